The van der Waals surface area contributed by atoms with E-state index in [0.29, 0.717) is 13.0 Å². The van der Waals surface area contributed by atoms with Crippen LogP contribution in [0.3, 0.4) is 0 Å². The highest BCUT2D eigenvalue weighted by Crippen LogP contribution is 2.27. The SMILES string of the molecule is O=[N+]([O-])c1c(Cl)ncnc1NCCc1ccncc1. The summed E-state index contributed by atoms with van der Waals surface area (Å²) in [5.41, 5.74) is 0.768. The fraction of sp³-hybridized carbons (Fsp3) is 0.182. The zero-order chi connectivity index (χ0) is 13.7. The number of aromatic nitrogens is 3. The number of anilines is 1. The van der Waals surface area contributed by atoms with Crippen LogP contribution in [0.5, 0.6) is 0 Å². The molecule has 0 radical (unpaired) electrons. The maximum atomic E-state index is 10.9. The maximum absolute atomic E-state index is 10.9. The first kappa shape index (κ1) is 13.2. The van der Waals surface area contributed by atoms with Crippen molar-refractivity contribution in [3.63, 3.8) is 0 Å². The molecule has 0 aliphatic rings. The summed E-state index contributed by atoms with van der Waals surface area (Å²) in [5.74, 6) is 0.124. The topological polar surface area (TPSA) is 93.8 Å². The molecule has 2 rings (SSSR count). The van der Waals surface area contributed by atoms with Crippen molar-refractivity contribution in [3.05, 3.63) is 51.7 Å². The summed E-state index contributed by atoms with van der Waals surface area (Å²) in [6.07, 6.45) is 5.27. The Labute approximate surface area is 113 Å². The second-order valence-corrected chi connectivity index (χ2v) is 4.01. The summed E-state index contributed by atoms with van der Waals surface area (Å²) in [5, 5.41) is 13.6. The van der Waals surface area contributed by atoms with Gasteiger partial charge in [0.2, 0.25) is 11.0 Å². The molecular weight excluding hydrogens is 270 g/mol. The molecule has 8 heteroatoms. The molecule has 0 aliphatic carbocycles. The molecule has 1 N–H and O–H groups in total. The summed E-state index contributed by atoms with van der Waals surface area (Å²) in [7, 11) is 0. The van der Waals surface area contributed by atoms with Crippen LogP contribution >= 0.6 is 11.6 Å². The zero-order valence-corrected chi connectivity index (χ0v) is 10.5. The predicted octanol–water partition coefficient (Wildman–Crippen LogP) is 2.09. The van der Waals surface area contributed by atoms with E-state index in [1.165, 1.54) is 6.33 Å². The van der Waals surface area contributed by atoms with Crippen molar-refractivity contribution in [1.82, 2.24) is 15.0 Å². The Bertz CT molecular complexity index is 579. The monoisotopic (exact) mass is 279 g/mol. The third kappa shape index (κ3) is 3.35. The average molecular weight is 280 g/mol. The molecule has 0 fully saturated rings. The van der Waals surface area contributed by atoms with Crippen molar-refractivity contribution in [1.29, 1.82) is 0 Å². The van der Waals surface area contributed by atoms with Gasteiger partial charge >= 0.3 is 5.69 Å². The summed E-state index contributed by atoms with van der Waals surface area (Å²) in [6.45, 7) is 0.498. The quantitative estimate of drug-likeness (QED) is 0.512. The largest absolute Gasteiger partial charge is 0.364 e. The number of hydrogen-bond acceptors (Lipinski definition) is 6. The molecule has 2 aromatic heterocycles. The highest BCUT2D eigenvalue weighted by molar-refractivity contribution is 6.31. The predicted molar refractivity (Wildman–Crippen MR) is 70.1 cm³/mol. The molecule has 0 bridgehead atoms. The van der Waals surface area contributed by atoms with E-state index in [-0.39, 0.29) is 16.7 Å². The van der Waals surface area contributed by atoms with Gasteiger partial charge in [-0.25, -0.2) is 9.97 Å². The van der Waals surface area contributed by atoms with Crippen molar-refractivity contribution in [2.45, 2.75) is 6.42 Å². The van der Waals surface area contributed by atoms with Gasteiger partial charge in [0.05, 0.1) is 4.92 Å². The zero-order valence-electron chi connectivity index (χ0n) is 9.78. The summed E-state index contributed by atoms with van der Waals surface area (Å²) < 4.78 is 0. The Morgan fingerprint density at radius 3 is 2.74 bits per heavy atom. The van der Waals surface area contributed by atoms with Crippen LogP contribution in [0.4, 0.5) is 11.5 Å². The molecule has 2 heterocycles. The number of nitro groups is 1. The van der Waals surface area contributed by atoms with E-state index in [2.05, 4.69) is 20.3 Å². The first-order chi connectivity index (χ1) is 9.18. The van der Waals surface area contributed by atoms with Gasteiger partial charge in [0.1, 0.15) is 6.33 Å². The van der Waals surface area contributed by atoms with Gasteiger partial charge in [0.25, 0.3) is 0 Å². The Kier molecular flexibility index (Phi) is 4.19. The molecule has 0 unspecified atom stereocenters. The first-order valence-corrected chi connectivity index (χ1v) is 5.84. The Hall–Kier alpha value is -2.28. The molecule has 0 saturated heterocycles. The Balaban J connectivity index is 2.04. The first-order valence-electron chi connectivity index (χ1n) is 5.46. The van der Waals surface area contributed by atoms with Crippen LogP contribution in [0, 0.1) is 10.1 Å². The number of nitrogens with zero attached hydrogens (tertiary/aromatic N) is 4. The third-order valence-corrected chi connectivity index (χ3v) is 2.69. The molecule has 98 valence electrons. The highest BCUT2D eigenvalue weighted by Gasteiger charge is 2.20. The summed E-state index contributed by atoms with van der Waals surface area (Å²) >= 11 is 5.68. The standard InChI is InChI=1S/C11H10ClN5O2/c12-10-9(17(18)19)11(16-7-15-10)14-6-3-8-1-4-13-5-2-8/h1-2,4-5,7H,3,6H2,(H,14,15,16). The smallest absolute Gasteiger partial charge is 0.348 e. The van der Waals surface area contributed by atoms with Gasteiger partial charge in [0, 0.05) is 18.9 Å². The van der Waals surface area contributed by atoms with Crippen LogP contribution < -0.4 is 5.32 Å². The van der Waals surface area contributed by atoms with E-state index >= 15 is 0 Å². The second-order valence-electron chi connectivity index (χ2n) is 3.65. The van der Waals surface area contributed by atoms with Gasteiger partial charge in [-0.05, 0) is 24.1 Å². The van der Waals surface area contributed by atoms with Crippen LogP contribution in [-0.2, 0) is 6.42 Å². The summed E-state index contributed by atoms with van der Waals surface area (Å²) in [4.78, 5) is 21.6. The molecule has 7 nitrogen and oxygen atoms in total. The number of nitrogens with one attached hydrogen (secondary N) is 1. The van der Waals surface area contributed by atoms with Crippen molar-refractivity contribution in [2.24, 2.45) is 0 Å². The second kappa shape index (κ2) is 6.05. The minimum absolute atomic E-state index is 0.124. The molecule has 0 aliphatic heterocycles. The van der Waals surface area contributed by atoms with Crippen molar-refractivity contribution in [3.8, 4) is 0 Å². The fourth-order valence-corrected chi connectivity index (χ4v) is 1.73. The van der Waals surface area contributed by atoms with Crippen LogP contribution in [0.2, 0.25) is 5.15 Å². The van der Waals surface area contributed by atoms with E-state index in [9.17, 15) is 10.1 Å². The van der Waals surface area contributed by atoms with Gasteiger partial charge in [-0.2, -0.15) is 0 Å². The minimum Gasteiger partial charge on any atom is -0.364 e. The lowest BCUT2D eigenvalue weighted by atomic mass is 10.2. The lowest BCUT2D eigenvalue weighted by Crippen LogP contribution is -2.09. The van der Waals surface area contributed by atoms with Gasteiger partial charge in [0.15, 0.2) is 0 Å². The molecule has 0 spiro atoms. The van der Waals surface area contributed by atoms with Gasteiger partial charge in [-0.3, -0.25) is 15.1 Å². The van der Waals surface area contributed by atoms with Crippen LogP contribution in [0.15, 0.2) is 30.9 Å². The van der Waals surface area contributed by atoms with E-state index in [4.69, 9.17) is 11.6 Å². The molecule has 19 heavy (non-hydrogen) atoms. The summed E-state index contributed by atoms with van der Waals surface area (Å²) in [6, 6.07) is 3.76. The number of pyridine rings is 1. The number of hydrogen-bond donors (Lipinski definition) is 1. The van der Waals surface area contributed by atoms with Crippen LogP contribution in [-0.4, -0.2) is 26.4 Å². The third-order valence-electron chi connectivity index (χ3n) is 2.42. The highest BCUT2D eigenvalue weighted by atomic mass is 35.5. The van der Waals surface area contributed by atoms with Crippen LogP contribution in [0.1, 0.15) is 5.56 Å². The van der Waals surface area contributed by atoms with Crippen molar-refractivity contribution in [2.75, 3.05) is 11.9 Å². The van der Waals surface area contributed by atoms with E-state index in [1.54, 1.807) is 12.4 Å². The normalized spacial score (nSPS) is 10.2. The van der Waals surface area contributed by atoms with Gasteiger partial charge < -0.3 is 5.32 Å². The number of halogens is 1. The minimum atomic E-state index is -0.600. The molecule has 0 amide bonds. The van der Waals surface area contributed by atoms with E-state index in [1.807, 2.05) is 12.1 Å². The number of rotatable bonds is 5. The van der Waals surface area contributed by atoms with Crippen molar-refractivity contribution >= 4 is 23.1 Å². The van der Waals surface area contributed by atoms with Gasteiger partial charge in [-0.1, -0.05) is 11.6 Å². The van der Waals surface area contributed by atoms with Crippen molar-refractivity contribution < 1.29 is 4.92 Å². The van der Waals surface area contributed by atoms with E-state index < -0.39 is 4.92 Å². The Morgan fingerprint density at radius 1 is 1.32 bits per heavy atom. The fourth-order valence-electron chi connectivity index (χ4n) is 1.52. The lowest BCUT2D eigenvalue weighted by Gasteiger charge is -2.06. The molecule has 2 aromatic rings. The maximum Gasteiger partial charge on any atom is 0.348 e. The molecule has 0 atom stereocenters. The molecule has 0 aromatic carbocycles. The van der Waals surface area contributed by atoms with Gasteiger partial charge in [-0.15, -0.1) is 0 Å². The molecule has 0 saturated carbocycles. The lowest BCUT2D eigenvalue weighted by molar-refractivity contribution is -0.384. The van der Waals surface area contributed by atoms with Crippen LogP contribution in [0.25, 0.3) is 0 Å². The Morgan fingerprint density at radius 2 is 2.05 bits per heavy atom. The average Bonchev–Trinajstić information content (AvgIpc) is 2.39. The van der Waals surface area contributed by atoms with E-state index in [0.717, 1.165) is 5.56 Å². The molecular formula is C11H10ClN5O2.